The molecule has 0 bridgehead atoms. The van der Waals surface area contributed by atoms with Gasteiger partial charge >= 0.3 is 6.18 Å². The fourth-order valence-corrected chi connectivity index (χ4v) is 4.40. The summed E-state index contributed by atoms with van der Waals surface area (Å²) < 4.78 is 46.0. The minimum Gasteiger partial charge on any atom is -0.451 e. The zero-order chi connectivity index (χ0) is 26.1. The van der Waals surface area contributed by atoms with Gasteiger partial charge in [-0.25, -0.2) is 0 Å². The second kappa shape index (κ2) is 9.67. The topological polar surface area (TPSA) is 78.7 Å². The first-order chi connectivity index (χ1) is 17.0. The number of piperidine rings is 1. The summed E-state index contributed by atoms with van der Waals surface area (Å²) in [6.07, 6.45) is -0.335. The van der Waals surface area contributed by atoms with Crippen molar-refractivity contribution >= 4 is 23.2 Å². The van der Waals surface area contributed by atoms with Crippen LogP contribution in [0.15, 0.2) is 59.3 Å². The average Bonchev–Trinajstić information content (AvgIpc) is 3.35. The van der Waals surface area contributed by atoms with Crippen LogP contribution in [0.3, 0.4) is 0 Å². The van der Waals surface area contributed by atoms with E-state index in [0.29, 0.717) is 42.9 Å². The lowest BCUT2D eigenvalue weighted by molar-refractivity contribution is -0.140. The number of carbonyl (C=O) groups is 2. The Morgan fingerprint density at radius 2 is 1.72 bits per heavy atom. The third-order valence-corrected chi connectivity index (χ3v) is 6.50. The molecule has 1 aliphatic rings. The van der Waals surface area contributed by atoms with E-state index < -0.39 is 23.1 Å². The number of hydrogen-bond acceptors (Lipinski definition) is 5. The zero-order valence-electron chi connectivity index (χ0n) is 20.2. The van der Waals surface area contributed by atoms with Crippen molar-refractivity contribution in [3.63, 3.8) is 0 Å². The molecule has 36 heavy (non-hydrogen) atoms. The minimum atomic E-state index is -4.57. The number of halogens is 3. The molecule has 1 N–H and O–H groups in total. The SMILES string of the molecule is CN(C)C(=O)C1(C)CCN(c2ccc(C(F)(F)F)cc2NC(=O)c2ccc(-c3ccncc3)o2)CC1. The molecule has 0 aliphatic carbocycles. The molecule has 190 valence electrons. The van der Waals surface area contributed by atoms with Crippen LogP contribution in [-0.4, -0.2) is 48.9 Å². The van der Waals surface area contributed by atoms with E-state index in [-0.39, 0.29) is 17.4 Å². The summed E-state index contributed by atoms with van der Waals surface area (Å²) in [4.78, 5) is 32.9. The van der Waals surface area contributed by atoms with Crippen LogP contribution in [0.2, 0.25) is 0 Å². The van der Waals surface area contributed by atoms with Crippen LogP contribution in [0.4, 0.5) is 24.5 Å². The highest BCUT2D eigenvalue weighted by atomic mass is 19.4. The highest BCUT2D eigenvalue weighted by Gasteiger charge is 2.39. The lowest BCUT2D eigenvalue weighted by atomic mass is 9.79. The van der Waals surface area contributed by atoms with E-state index in [1.54, 1.807) is 49.6 Å². The van der Waals surface area contributed by atoms with Crippen LogP contribution in [0.1, 0.15) is 35.9 Å². The number of nitrogens with one attached hydrogen (secondary N) is 1. The maximum absolute atomic E-state index is 13.5. The first-order valence-corrected chi connectivity index (χ1v) is 11.5. The maximum atomic E-state index is 13.5. The van der Waals surface area contributed by atoms with E-state index >= 15 is 0 Å². The number of rotatable bonds is 5. The van der Waals surface area contributed by atoms with Gasteiger partial charge in [0.2, 0.25) is 5.91 Å². The third-order valence-electron chi connectivity index (χ3n) is 6.50. The van der Waals surface area contributed by atoms with Gasteiger partial charge in [0.25, 0.3) is 5.91 Å². The van der Waals surface area contributed by atoms with Gasteiger partial charge in [-0.3, -0.25) is 14.6 Å². The summed E-state index contributed by atoms with van der Waals surface area (Å²) >= 11 is 0. The average molecular weight is 501 g/mol. The van der Waals surface area contributed by atoms with Gasteiger partial charge in [-0.1, -0.05) is 6.92 Å². The van der Waals surface area contributed by atoms with E-state index in [9.17, 15) is 22.8 Å². The van der Waals surface area contributed by atoms with Crippen molar-refractivity contribution < 1.29 is 27.2 Å². The van der Waals surface area contributed by atoms with E-state index in [1.807, 2.05) is 11.8 Å². The number of furan rings is 1. The van der Waals surface area contributed by atoms with Gasteiger partial charge in [0, 0.05) is 50.6 Å². The first kappa shape index (κ1) is 25.3. The highest BCUT2D eigenvalue weighted by molar-refractivity contribution is 6.04. The third kappa shape index (κ3) is 5.22. The molecule has 3 aromatic rings. The van der Waals surface area contributed by atoms with Crippen LogP contribution in [-0.2, 0) is 11.0 Å². The zero-order valence-corrected chi connectivity index (χ0v) is 20.2. The van der Waals surface area contributed by atoms with Crippen molar-refractivity contribution in [2.45, 2.75) is 25.9 Å². The number of nitrogens with zero attached hydrogens (tertiary/aromatic N) is 3. The Bertz CT molecular complexity index is 1250. The quantitative estimate of drug-likeness (QED) is 0.514. The van der Waals surface area contributed by atoms with Gasteiger partial charge in [-0.05, 0) is 55.3 Å². The van der Waals surface area contributed by atoms with Crippen molar-refractivity contribution in [1.82, 2.24) is 9.88 Å². The molecule has 3 heterocycles. The van der Waals surface area contributed by atoms with Gasteiger partial charge in [0.1, 0.15) is 5.76 Å². The molecule has 2 amide bonds. The number of alkyl halides is 3. The smallest absolute Gasteiger partial charge is 0.416 e. The molecule has 0 atom stereocenters. The van der Waals surface area contributed by atoms with Gasteiger partial charge in [-0.15, -0.1) is 0 Å². The number of aromatic nitrogens is 1. The Kier molecular flexibility index (Phi) is 6.79. The Hall–Kier alpha value is -3.82. The molecule has 1 aromatic carbocycles. The number of carbonyl (C=O) groups excluding carboxylic acids is 2. The lowest BCUT2D eigenvalue weighted by Gasteiger charge is -2.41. The second-order valence-electron chi connectivity index (χ2n) is 9.33. The largest absolute Gasteiger partial charge is 0.451 e. The Labute approximate surface area is 206 Å². The number of hydrogen-bond donors (Lipinski definition) is 1. The van der Waals surface area contributed by atoms with E-state index in [4.69, 9.17) is 4.42 Å². The van der Waals surface area contributed by atoms with Crippen LogP contribution >= 0.6 is 0 Å². The van der Waals surface area contributed by atoms with Crippen LogP contribution < -0.4 is 10.2 Å². The Morgan fingerprint density at radius 3 is 2.33 bits per heavy atom. The fourth-order valence-electron chi connectivity index (χ4n) is 4.40. The molecule has 1 aliphatic heterocycles. The van der Waals surface area contributed by atoms with E-state index in [2.05, 4.69) is 10.3 Å². The van der Waals surface area contributed by atoms with Crippen molar-refractivity contribution in [2.24, 2.45) is 5.41 Å². The van der Waals surface area contributed by atoms with Crippen molar-refractivity contribution in [1.29, 1.82) is 0 Å². The van der Waals surface area contributed by atoms with Gasteiger partial charge < -0.3 is 19.5 Å². The standard InChI is InChI=1S/C26H27F3N4O3/c1-25(24(35)32(2)3)10-14-33(15-11-25)20-5-4-18(26(27,28)29)16-19(20)31-23(34)22-7-6-21(36-22)17-8-12-30-13-9-17/h4-9,12-13,16H,10-11,14-15H2,1-3H3,(H,31,34). The summed E-state index contributed by atoms with van der Waals surface area (Å²) in [6.45, 7) is 2.81. The summed E-state index contributed by atoms with van der Waals surface area (Å²) in [5, 5.41) is 2.60. The summed E-state index contributed by atoms with van der Waals surface area (Å²) in [7, 11) is 3.41. The predicted molar refractivity (Wildman–Crippen MR) is 130 cm³/mol. The van der Waals surface area contributed by atoms with Crippen molar-refractivity contribution in [3.05, 3.63) is 66.2 Å². The molecule has 0 radical (unpaired) electrons. The Balaban J connectivity index is 1.59. The molecule has 1 saturated heterocycles. The summed E-state index contributed by atoms with van der Waals surface area (Å²) in [6, 6.07) is 9.81. The Morgan fingerprint density at radius 1 is 1.06 bits per heavy atom. The molecule has 1 fully saturated rings. The van der Waals surface area contributed by atoms with Gasteiger partial charge in [0.05, 0.1) is 16.9 Å². The lowest BCUT2D eigenvalue weighted by Crippen LogP contribution is -2.47. The number of pyridine rings is 1. The number of benzene rings is 1. The van der Waals surface area contributed by atoms with Gasteiger partial charge in [0.15, 0.2) is 5.76 Å². The number of anilines is 2. The number of amides is 2. The molecule has 4 rings (SSSR count). The van der Waals surface area contributed by atoms with Gasteiger partial charge in [-0.2, -0.15) is 13.2 Å². The van der Waals surface area contributed by atoms with Crippen molar-refractivity contribution in [2.75, 3.05) is 37.4 Å². The molecule has 2 aromatic heterocycles. The highest BCUT2D eigenvalue weighted by Crippen LogP contribution is 2.39. The van der Waals surface area contributed by atoms with Crippen LogP contribution in [0, 0.1) is 5.41 Å². The molecule has 0 unspecified atom stereocenters. The van der Waals surface area contributed by atoms with E-state index in [1.165, 1.54) is 12.1 Å². The fraction of sp³-hybridized carbons (Fsp3) is 0.346. The van der Waals surface area contributed by atoms with Crippen LogP contribution in [0.5, 0.6) is 0 Å². The normalized spacial score (nSPS) is 15.4. The predicted octanol–water partition coefficient (Wildman–Crippen LogP) is 5.31. The van der Waals surface area contributed by atoms with Crippen LogP contribution in [0.25, 0.3) is 11.3 Å². The van der Waals surface area contributed by atoms with E-state index in [0.717, 1.165) is 12.1 Å². The molecule has 7 nitrogen and oxygen atoms in total. The molecular formula is C26H27F3N4O3. The molecule has 0 saturated carbocycles. The molecule has 10 heteroatoms. The minimum absolute atomic E-state index is 0.0194. The maximum Gasteiger partial charge on any atom is 0.416 e. The summed E-state index contributed by atoms with van der Waals surface area (Å²) in [5.74, 6) is -0.243. The second-order valence-corrected chi connectivity index (χ2v) is 9.33. The molecule has 0 spiro atoms. The summed E-state index contributed by atoms with van der Waals surface area (Å²) in [5.41, 5.74) is -0.223. The monoisotopic (exact) mass is 500 g/mol. The van der Waals surface area contributed by atoms with Crippen molar-refractivity contribution in [3.8, 4) is 11.3 Å². The molecular weight excluding hydrogens is 473 g/mol. The first-order valence-electron chi connectivity index (χ1n) is 11.5.